The molecule has 0 amide bonds. The van der Waals surface area contributed by atoms with Crippen molar-refractivity contribution in [2.45, 2.75) is 52.4 Å². The Balaban J connectivity index is 3.03. The Hall–Kier alpha value is -1.40. The van der Waals surface area contributed by atoms with Gasteiger partial charge in [0.1, 0.15) is 11.5 Å². The highest BCUT2D eigenvalue weighted by atomic mass is 35.5. The lowest BCUT2D eigenvalue weighted by molar-refractivity contribution is 0.298. The second-order valence-electron chi connectivity index (χ2n) is 5.12. The zero-order valence-corrected chi connectivity index (χ0v) is 13.9. The fourth-order valence-corrected chi connectivity index (χ4v) is 2.26. The van der Waals surface area contributed by atoms with Gasteiger partial charge in [0.25, 0.3) is 0 Å². The van der Waals surface area contributed by atoms with E-state index >= 15 is 0 Å². The summed E-state index contributed by atoms with van der Waals surface area (Å²) in [6.07, 6.45) is 3.20. The predicted molar refractivity (Wildman–Crippen MR) is 86.3 cm³/mol. The Morgan fingerprint density at radius 3 is 2.33 bits per heavy atom. The highest BCUT2D eigenvalue weighted by Gasteiger charge is 2.16. The van der Waals surface area contributed by atoms with Crippen LogP contribution in [0, 0.1) is 11.3 Å². The van der Waals surface area contributed by atoms with Gasteiger partial charge in [0.05, 0.1) is 24.3 Å². The first-order valence-corrected chi connectivity index (χ1v) is 7.97. The fourth-order valence-electron chi connectivity index (χ4n) is 2.03. The fraction of sp³-hybridized carbons (Fsp3) is 0.588. The van der Waals surface area contributed by atoms with Crippen molar-refractivity contribution in [1.29, 1.82) is 5.26 Å². The van der Waals surface area contributed by atoms with Gasteiger partial charge in [-0.1, -0.05) is 32.4 Å². The molecule has 21 heavy (non-hydrogen) atoms. The van der Waals surface area contributed by atoms with Crippen LogP contribution in [-0.4, -0.2) is 13.2 Å². The van der Waals surface area contributed by atoms with E-state index < -0.39 is 0 Å². The van der Waals surface area contributed by atoms with Crippen LogP contribution in [0.3, 0.4) is 0 Å². The second kappa shape index (κ2) is 9.52. The van der Waals surface area contributed by atoms with Gasteiger partial charge in [-0.05, 0) is 36.8 Å². The molecule has 0 aromatic heterocycles. The van der Waals surface area contributed by atoms with Gasteiger partial charge in [-0.2, -0.15) is 5.26 Å². The quantitative estimate of drug-likeness (QED) is 0.619. The molecule has 1 atom stereocenters. The van der Waals surface area contributed by atoms with E-state index in [0.29, 0.717) is 30.4 Å². The third-order valence-electron chi connectivity index (χ3n) is 3.21. The number of nitrogens with zero attached hydrogens (tertiary/aromatic N) is 1. The summed E-state index contributed by atoms with van der Waals surface area (Å²) in [6.45, 7) is 7.52. The molecule has 0 saturated heterocycles. The highest BCUT2D eigenvalue weighted by molar-refractivity contribution is 6.32. The lowest BCUT2D eigenvalue weighted by atomic mass is 9.95. The number of hydrogen-bond acceptors (Lipinski definition) is 3. The summed E-state index contributed by atoms with van der Waals surface area (Å²) in [7, 11) is 0. The highest BCUT2D eigenvalue weighted by Crippen LogP contribution is 2.38. The van der Waals surface area contributed by atoms with Crippen molar-refractivity contribution in [1.82, 2.24) is 0 Å². The Kier molecular flexibility index (Phi) is 8.00. The van der Waals surface area contributed by atoms with Crippen molar-refractivity contribution in [3.63, 3.8) is 0 Å². The van der Waals surface area contributed by atoms with Crippen LogP contribution < -0.4 is 9.47 Å². The van der Waals surface area contributed by atoms with Gasteiger partial charge in [0, 0.05) is 12.5 Å². The summed E-state index contributed by atoms with van der Waals surface area (Å²) in [4.78, 5) is 0. The predicted octanol–water partition coefficient (Wildman–Crippen LogP) is 5.32. The molecule has 0 N–H and O–H groups in total. The Morgan fingerprint density at radius 2 is 1.76 bits per heavy atom. The number of nitriles is 1. The van der Waals surface area contributed by atoms with Gasteiger partial charge in [0.2, 0.25) is 0 Å². The molecule has 0 aliphatic rings. The monoisotopic (exact) mass is 309 g/mol. The van der Waals surface area contributed by atoms with E-state index in [0.717, 1.165) is 30.6 Å². The van der Waals surface area contributed by atoms with Crippen LogP contribution in [0.1, 0.15) is 57.9 Å². The van der Waals surface area contributed by atoms with Crippen molar-refractivity contribution in [3.05, 3.63) is 22.7 Å². The van der Waals surface area contributed by atoms with Gasteiger partial charge in [-0.3, -0.25) is 0 Å². The summed E-state index contributed by atoms with van der Waals surface area (Å²) in [5.74, 6) is 1.72. The van der Waals surface area contributed by atoms with E-state index in [2.05, 4.69) is 26.8 Å². The lowest BCUT2D eigenvalue weighted by Gasteiger charge is -2.18. The maximum Gasteiger partial charge on any atom is 0.141 e. The third-order valence-corrected chi connectivity index (χ3v) is 3.50. The first-order valence-electron chi connectivity index (χ1n) is 7.59. The topological polar surface area (TPSA) is 42.2 Å². The van der Waals surface area contributed by atoms with Crippen molar-refractivity contribution < 1.29 is 9.47 Å². The van der Waals surface area contributed by atoms with Crippen molar-refractivity contribution in [2.24, 2.45) is 0 Å². The second-order valence-corrected chi connectivity index (χ2v) is 5.52. The van der Waals surface area contributed by atoms with E-state index in [1.165, 1.54) is 0 Å². The van der Waals surface area contributed by atoms with Crippen LogP contribution >= 0.6 is 11.6 Å². The molecular formula is C17H24ClNO2. The molecule has 1 aromatic rings. The first-order chi connectivity index (χ1) is 10.1. The van der Waals surface area contributed by atoms with Crippen LogP contribution in [-0.2, 0) is 0 Å². The maximum absolute atomic E-state index is 8.74. The summed E-state index contributed by atoms with van der Waals surface area (Å²) in [6, 6.07) is 5.98. The molecule has 116 valence electrons. The van der Waals surface area contributed by atoms with Gasteiger partial charge in [0.15, 0.2) is 0 Å². The average molecular weight is 310 g/mol. The minimum Gasteiger partial charge on any atom is -0.493 e. The van der Waals surface area contributed by atoms with Crippen molar-refractivity contribution in [3.8, 4) is 17.6 Å². The minimum absolute atomic E-state index is 0.231. The van der Waals surface area contributed by atoms with E-state index in [1.807, 2.05) is 12.1 Å². The smallest absolute Gasteiger partial charge is 0.141 e. The number of rotatable bonds is 9. The summed E-state index contributed by atoms with van der Waals surface area (Å²) < 4.78 is 11.5. The number of ether oxygens (including phenoxy) is 2. The van der Waals surface area contributed by atoms with Crippen LogP contribution in [0.4, 0.5) is 0 Å². The van der Waals surface area contributed by atoms with Gasteiger partial charge in [-0.15, -0.1) is 0 Å². The van der Waals surface area contributed by atoms with Gasteiger partial charge < -0.3 is 9.47 Å². The molecule has 0 spiro atoms. The van der Waals surface area contributed by atoms with Crippen LogP contribution in [0.25, 0.3) is 0 Å². The molecule has 4 heteroatoms. The van der Waals surface area contributed by atoms with Crippen LogP contribution in [0.15, 0.2) is 12.1 Å². The Morgan fingerprint density at radius 1 is 1.14 bits per heavy atom. The van der Waals surface area contributed by atoms with E-state index in [-0.39, 0.29) is 5.92 Å². The van der Waals surface area contributed by atoms with E-state index in [4.69, 9.17) is 26.3 Å². The summed E-state index contributed by atoms with van der Waals surface area (Å²) >= 11 is 6.30. The van der Waals surface area contributed by atoms with E-state index in [1.54, 1.807) is 0 Å². The van der Waals surface area contributed by atoms with Gasteiger partial charge in [-0.25, -0.2) is 0 Å². The summed E-state index contributed by atoms with van der Waals surface area (Å²) in [5, 5.41) is 9.34. The SMILES string of the molecule is CCCOc1cc(OCCC)c(C(C)CCC#N)cc1Cl. The minimum atomic E-state index is 0.231. The zero-order valence-electron chi connectivity index (χ0n) is 13.1. The Bertz CT molecular complexity index is 482. The number of halogens is 1. The molecule has 0 saturated carbocycles. The summed E-state index contributed by atoms with van der Waals surface area (Å²) in [5.41, 5.74) is 1.05. The average Bonchev–Trinajstić information content (AvgIpc) is 2.49. The molecule has 0 fully saturated rings. The van der Waals surface area contributed by atoms with Crippen LogP contribution in [0.5, 0.6) is 11.5 Å². The largest absolute Gasteiger partial charge is 0.493 e. The molecular weight excluding hydrogens is 286 g/mol. The molecule has 3 nitrogen and oxygen atoms in total. The molecule has 0 heterocycles. The molecule has 0 aliphatic carbocycles. The van der Waals surface area contributed by atoms with E-state index in [9.17, 15) is 0 Å². The number of hydrogen-bond donors (Lipinski definition) is 0. The standard InChI is InChI=1S/C17H24ClNO2/c1-4-9-20-16-12-17(21-10-5-2)15(18)11-14(16)13(3)7-6-8-19/h11-13H,4-7,9-10H2,1-3H3. The molecule has 1 rings (SSSR count). The normalized spacial score (nSPS) is 11.8. The molecule has 0 bridgehead atoms. The van der Waals surface area contributed by atoms with Crippen molar-refractivity contribution in [2.75, 3.05) is 13.2 Å². The lowest BCUT2D eigenvalue weighted by Crippen LogP contribution is -2.04. The number of benzene rings is 1. The Labute approximate surface area is 132 Å². The third kappa shape index (κ3) is 5.47. The van der Waals surface area contributed by atoms with Gasteiger partial charge >= 0.3 is 0 Å². The maximum atomic E-state index is 8.74. The van der Waals surface area contributed by atoms with Crippen LogP contribution in [0.2, 0.25) is 5.02 Å². The molecule has 0 radical (unpaired) electrons. The zero-order chi connectivity index (χ0) is 15.7. The first kappa shape index (κ1) is 17.7. The van der Waals surface area contributed by atoms with Crippen molar-refractivity contribution >= 4 is 11.6 Å². The molecule has 1 unspecified atom stereocenters. The molecule has 0 aliphatic heterocycles. The molecule has 1 aromatic carbocycles.